The smallest absolute Gasteiger partial charge is 0.416 e. The van der Waals surface area contributed by atoms with Crippen LogP contribution in [0.1, 0.15) is 63.8 Å². The molecule has 0 aliphatic heterocycles. The van der Waals surface area contributed by atoms with E-state index in [0.717, 1.165) is 68.3 Å². The first-order valence-corrected chi connectivity index (χ1v) is 14.3. The zero-order valence-electron chi connectivity index (χ0n) is 22.4. The van der Waals surface area contributed by atoms with Crippen LogP contribution in [-0.2, 0) is 15.7 Å². The van der Waals surface area contributed by atoms with Gasteiger partial charge in [-0.15, -0.1) is 11.3 Å². The van der Waals surface area contributed by atoms with E-state index in [2.05, 4.69) is 23.1 Å². The van der Waals surface area contributed by atoms with Crippen molar-refractivity contribution < 1.29 is 27.5 Å². The van der Waals surface area contributed by atoms with Gasteiger partial charge >= 0.3 is 12.1 Å². The molecule has 1 amide bonds. The Morgan fingerprint density at radius 2 is 1.67 bits per heavy atom. The van der Waals surface area contributed by atoms with Crippen molar-refractivity contribution in [2.24, 2.45) is 0 Å². The molecule has 1 N–H and O–H groups in total. The number of benzene rings is 2. The Labute approximate surface area is 235 Å². The number of esters is 1. The van der Waals surface area contributed by atoms with Crippen molar-refractivity contribution in [2.75, 3.05) is 13.7 Å². The molecule has 0 bridgehead atoms. The quantitative estimate of drug-likeness (QED) is 0.141. The average molecular weight is 576 g/mol. The van der Waals surface area contributed by atoms with Crippen LogP contribution >= 0.6 is 23.1 Å². The topological polar surface area (TPSA) is 55.4 Å². The molecule has 0 saturated heterocycles. The zero-order chi connectivity index (χ0) is 28.6. The fraction of sp³-hybridized carbons (Fsp3) is 0.333. The summed E-state index contributed by atoms with van der Waals surface area (Å²) in [6.07, 6.45) is 0.940. The maximum absolute atomic E-state index is 13.0. The SMILES string of the molecule is CCCC/C=C(\Sc1cc(C)c(-c2ccc(C(F)(F)F)cc2)c(C)c1)c1ccc(C(=O)NCCC(=O)OC)s1. The second-order valence-corrected chi connectivity index (χ2v) is 11.3. The fourth-order valence-corrected chi connectivity index (χ4v) is 6.28. The summed E-state index contributed by atoms with van der Waals surface area (Å²) in [4.78, 5) is 27.4. The zero-order valence-corrected chi connectivity index (χ0v) is 24.0. The summed E-state index contributed by atoms with van der Waals surface area (Å²) in [5.74, 6) is -0.615. The minimum Gasteiger partial charge on any atom is -0.469 e. The summed E-state index contributed by atoms with van der Waals surface area (Å²) < 4.78 is 43.6. The number of carbonyl (C=O) groups is 2. The Morgan fingerprint density at radius 3 is 2.26 bits per heavy atom. The number of hydrogen-bond acceptors (Lipinski definition) is 5. The van der Waals surface area contributed by atoms with Crippen molar-refractivity contribution in [3.63, 3.8) is 0 Å². The number of halogens is 3. The molecule has 0 aliphatic rings. The van der Waals surface area contributed by atoms with E-state index in [-0.39, 0.29) is 24.8 Å². The third-order valence-electron chi connectivity index (χ3n) is 6.04. The molecule has 1 aromatic heterocycles. The van der Waals surface area contributed by atoms with Crippen molar-refractivity contribution in [3.05, 3.63) is 81.1 Å². The van der Waals surface area contributed by atoms with Gasteiger partial charge < -0.3 is 10.1 Å². The van der Waals surface area contributed by atoms with Gasteiger partial charge in [-0.1, -0.05) is 49.7 Å². The molecular formula is C30H32F3NO3S2. The lowest BCUT2D eigenvalue weighted by Gasteiger charge is -2.15. The normalized spacial score (nSPS) is 11.9. The van der Waals surface area contributed by atoms with E-state index >= 15 is 0 Å². The number of amides is 1. The predicted octanol–water partition coefficient (Wildman–Crippen LogP) is 8.67. The lowest BCUT2D eigenvalue weighted by molar-refractivity contribution is -0.140. The molecule has 2 aromatic carbocycles. The first-order chi connectivity index (χ1) is 18.5. The molecule has 0 radical (unpaired) electrons. The van der Waals surface area contributed by atoms with E-state index in [1.165, 1.54) is 30.6 Å². The van der Waals surface area contributed by atoms with Gasteiger partial charge in [0, 0.05) is 21.2 Å². The predicted molar refractivity (Wildman–Crippen MR) is 153 cm³/mol. The van der Waals surface area contributed by atoms with Crippen molar-refractivity contribution in [3.8, 4) is 11.1 Å². The highest BCUT2D eigenvalue weighted by Crippen LogP contribution is 2.41. The van der Waals surface area contributed by atoms with E-state index in [0.29, 0.717) is 4.88 Å². The number of thiophene rings is 1. The van der Waals surface area contributed by atoms with Crippen LogP contribution in [0.15, 0.2) is 59.5 Å². The molecule has 208 valence electrons. The summed E-state index contributed by atoms with van der Waals surface area (Å²) in [5, 5.41) is 2.75. The van der Waals surface area contributed by atoms with Gasteiger partial charge in [0.1, 0.15) is 0 Å². The van der Waals surface area contributed by atoms with Crippen LogP contribution in [0.5, 0.6) is 0 Å². The fourth-order valence-electron chi connectivity index (χ4n) is 4.08. The average Bonchev–Trinajstić information content (AvgIpc) is 3.38. The van der Waals surface area contributed by atoms with E-state index in [9.17, 15) is 22.8 Å². The van der Waals surface area contributed by atoms with E-state index in [1.54, 1.807) is 17.8 Å². The number of alkyl halides is 3. The number of unbranched alkanes of at least 4 members (excludes halogenated alkanes) is 2. The van der Waals surface area contributed by atoms with Crippen LogP contribution in [0.3, 0.4) is 0 Å². The number of aryl methyl sites for hydroxylation is 2. The highest BCUT2D eigenvalue weighted by molar-refractivity contribution is 8.08. The molecule has 0 unspecified atom stereocenters. The minimum atomic E-state index is -4.37. The van der Waals surface area contributed by atoms with E-state index < -0.39 is 11.7 Å². The summed E-state index contributed by atoms with van der Waals surface area (Å²) in [6, 6.07) is 13.1. The van der Waals surface area contributed by atoms with Gasteiger partial charge in [-0.3, -0.25) is 9.59 Å². The van der Waals surface area contributed by atoms with Crippen LogP contribution in [0, 0.1) is 13.8 Å². The number of methoxy groups -OCH3 is 1. The third-order valence-corrected chi connectivity index (χ3v) is 8.36. The van der Waals surface area contributed by atoms with Crippen molar-refractivity contribution in [1.82, 2.24) is 5.32 Å². The molecule has 39 heavy (non-hydrogen) atoms. The number of allylic oxidation sites excluding steroid dienone is 1. The van der Waals surface area contributed by atoms with Crippen molar-refractivity contribution in [1.29, 1.82) is 0 Å². The molecule has 3 rings (SSSR count). The first kappa shape index (κ1) is 30.5. The first-order valence-electron chi connectivity index (χ1n) is 12.7. The Morgan fingerprint density at radius 1 is 1.03 bits per heavy atom. The molecule has 3 aromatic rings. The van der Waals surface area contributed by atoms with Crippen molar-refractivity contribution >= 4 is 39.9 Å². The van der Waals surface area contributed by atoms with Gasteiger partial charge in [-0.2, -0.15) is 13.2 Å². The lowest BCUT2D eigenvalue weighted by atomic mass is 9.95. The number of nitrogens with one attached hydrogen (secondary N) is 1. The number of thioether (sulfide) groups is 1. The summed E-state index contributed by atoms with van der Waals surface area (Å²) in [7, 11) is 1.31. The number of hydrogen-bond donors (Lipinski definition) is 1. The summed E-state index contributed by atoms with van der Waals surface area (Å²) >= 11 is 3.00. The number of rotatable bonds is 11. The maximum Gasteiger partial charge on any atom is 0.416 e. The standard InChI is InChI=1S/C30H32F3NO3S2/c1-5-6-7-8-24(25-13-14-26(39-25)29(36)34-16-15-27(35)37-4)38-23-17-19(2)28(20(3)18-23)21-9-11-22(12-10-21)30(31,32)33/h8-14,17-18H,5-7,15-16H2,1-4H3,(H,34,36)/b24-8-. The molecule has 1 heterocycles. The van der Waals surface area contributed by atoms with Gasteiger partial charge in [0.15, 0.2) is 0 Å². The lowest BCUT2D eigenvalue weighted by Crippen LogP contribution is -2.25. The monoisotopic (exact) mass is 575 g/mol. The highest BCUT2D eigenvalue weighted by Gasteiger charge is 2.30. The molecule has 0 spiro atoms. The van der Waals surface area contributed by atoms with Gasteiger partial charge in [0.25, 0.3) is 5.91 Å². The Bertz CT molecular complexity index is 1300. The van der Waals surface area contributed by atoms with Crippen molar-refractivity contribution in [2.45, 2.75) is 57.5 Å². The summed E-state index contributed by atoms with van der Waals surface area (Å²) in [5.41, 5.74) is 2.95. The molecule has 0 fully saturated rings. The Kier molecular flexibility index (Phi) is 10.8. The molecule has 0 aliphatic carbocycles. The second-order valence-electron chi connectivity index (χ2n) is 9.07. The molecule has 4 nitrogen and oxygen atoms in total. The van der Waals surface area contributed by atoms with Crippen LogP contribution in [-0.4, -0.2) is 25.5 Å². The van der Waals surface area contributed by atoms with Crippen LogP contribution in [0.4, 0.5) is 13.2 Å². The molecular weight excluding hydrogens is 543 g/mol. The number of carbonyl (C=O) groups excluding carboxylic acids is 2. The van der Waals surface area contributed by atoms with Gasteiger partial charge in [0.05, 0.1) is 24.0 Å². The molecule has 0 saturated carbocycles. The van der Waals surface area contributed by atoms with Gasteiger partial charge in [-0.05, 0) is 78.9 Å². The Balaban J connectivity index is 1.82. The number of ether oxygens (including phenoxy) is 1. The molecule has 0 atom stereocenters. The van der Waals surface area contributed by atoms with E-state index in [1.807, 2.05) is 32.0 Å². The van der Waals surface area contributed by atoms with Gasteiger partial charge in [0.2, 0.25) is 0 Å². The molecule has 9 heteroatoms. The third kappa shape index (κ3) is 8.47. The second kappa shape index (κ2) is 13.8. The maximum atomic E-state index is 13.0. The highest BCUT2D eigenvalue weighted by atomic mass is 32.2. The largest absolute Gasteiger partial charge is 0.469 e. The van der Waals surface area contributed by atoms with E-state index in [4.69, 9.17) is 0 Å². The Hall–Kier alpha value is -3.04. The van der Waals surface area contributed by atoms with Crippen LogP contribution in [0.25, 0.3) is 16.0 Å². The van der Waals surface area contributed by atoms with Crippen LogP contribution < -0.4 is 5.32 Å². The summed E-state index contributed by atoms with van der Waals surface area (Å²) in [6.45, 7) is 6.27. The minimum absolute atomic E-state index is 0.111. The van der Waals surface area contributed by atoms with Crippen LogP contribution in [0.2, 0.25) is 0 Å². The van der Waals surface area contributed by atoms with Gasteiger partial charge in [-0.25, -0.2) is 0 Å².